The van der Waals surface area contributed by atoms with Crippen molar-refractivity contribution in [3.05, 3.63) is 23.8 Å². The van der Waals surface area contributed by atoms with E-state index in [9.17, 15) is 14.7 Å². The zero-order valence-electron chi connectivity index (χ0n) is 14.8. The maximum Gasteiger partial charge on any atom is 0.334 e. The van der Waals surface area contributed by atoms with Crippen LogP contribution in [-0.2, 0) is 14.3 Å². The predicted octanol–water partition coefficient (Wildman–Crippen LogP) is 4.11. The molecule has 2 saturated carbocycles. The van der Waals surface area contributed by atoms with E-state index in [-0.39, 0.29) is 23.2 Å². The predicted molar refractivity (Wildman–Crippen MR) is 91.3 cm³/mol. The van der Waals surface area contributed by atoms with Gasteiger partial charge >= 0.3 is 11.9 Å². The molecule has 4 nitrogen and oxygen atoms in total. The van der Waals surface area contributed by atoms with Gasteiger partial charge in [0.2, 0.25) is 0 Å². The Labute approximate surface area is 144 Å². The third kappa shape index (κ3) is 2.60. The van der Waals surface area contributed by atoms with Crippen LogP contribution in [0.3, 0.4) is 0 Å². The molecule has 3 aliphatic rings. The molecule has 24 heavy (non-hydrogen) atoms. The van der Waals surface area contributed by atoms with Crippen molar-refractivity contribution in [1.29, 1.82) is 0 Å². The van der Waals surface area contributed by atoms with E-state index in [1.54, 1.807) is 0 Å². The smallest absolute Gasteiger partial charge is 0.334 e. The zero-order chi connectivity index (χ0) is 17.5. The first kappa shape index (κ1) is 17.2. The van der Waals surface area contributed by atoms with Crippen LogP contribution < -0.4 is 0 Å². The molecular weight excluding hydrogens is 304 g/mol. The van der Waals surface area contributed by atoms with Crippen molar-refractivity contribution < 1.29 is 19.4 Å². The fourth-order valence-electron chi connectivity index (χ4n) is 5.64. The molecule has 4 atom stereocenters. The average molecular weight is 332 g/mol. The Balaban J connectivity index is 1.83. The minimum Gasteiger partial charge on any atom is -0.481 e. The van der Waals surface area contributed by atoms with Gasteiger partial charge in [0, 0.05) is 5.57 Å². The molecule has 2 aliphatic carbocycles. The van der Waals surface area contributed by atoms with E-state index in [0.29, 0.717) is 13.0 Å². The summed E-state index contributed by atoms with van der Waals surface area (Å²) < 4.78 is 5.00. The molecule has 0 bridgehead atoms. The average Bonchev–Trinajstić information content (AvgIpc) is 2.91. The Morgan fingerprint density at radius 2 is 2.17 bits per heavy atom. The topological polar surface area (TPSA) is 63.6 Å². The van der Waals surface area contributed by atoms with Crippen LogP contribution in [0.4, 0.5) is 0 Å². The lowest BCUT2D eigenvalue weighted by Crippen LogP contribution is -2.53. The molecule has 0 aromatic heterocycles. The minimum atomic E-state index is -0.660. The minimum absolute atomic E-state index is 0.0379. The van der Waals surface area contributed by atoms with Crippen molar-refractivity contribution in [2.45, 2.75) is 58.8 Å². The molecule has 0 spiro atoms. The van der Waals surface area contributed by atoms with Gasteiger partial charge in [-0.3, -0.25) is 4.79 Å². The normalized spacial score (nSPS) is 39.2. The number of carbonyl (C=O) groups is 2. The maximum atomic E-state index is 12.0. The summed E-state index contributed by atoms with van der Waals surface area (Å²) in [4.78, 5) is 23.7. The highest BCUT2D eigenvalue weighted by Gasteiger charge is 2.57. The number of carbonyl (C=O) groups excluding carboxylic acids is 1. The number of rotatable bonds is 4. The first-order valence-electron chi connectivity index (χ1n) is 9.06. The van der Waals surface area contributed by atoms with Crippen molar-refractivity contribution in [2.75, 3.05) is 6.61 Å². The molecule has 2 fully saturated rings. The third-order valence-corrected chi connectivity index (χ3v) is 7.02. The lowest BCUT2D eigenvalue weighted by Gasteiger charge is -2.57. The van der Waals surface area contributed by atoms with Crippen molar-refractivity contribution in [3.8, 4) is 0 Å². The number of carboxylic acid groups (broad SMARTS) is 1. The highest BCUT2D eigenvalue weighted by molar-refractivity contribution is 5.90. The summed E-state index contributed by atoms with van der Waals surface area (Å²) in [6.45, 7) is 8.88. The van der Waals surface area contributed by atoms with Crippen molar-refractivity contribution in [1.82, 2.24) is 0 Å². The second-order valence-electron chi connectivity index (χ2n) is 8.25. The van der Waals surface area contributed by atoms with Gasteiger partial charge in [-0.25, -0.2) is 4.79 Å². The largest absolute Gasteiger partial charge is 0.481 e. The van der Waals surface area contributed by atoms with Crippen molar-refractivity contribution in [2.24, 2.45) is 22.7 Å². The van der Waals surface area contributed by atoms with Crippen LogP contribution in [0.5, 0.6) is 0 Å². The highest BCUT2D eigenvalue weighted by atomic mass is 16.5. The Hall–Kier alpha value is -1.58. The van der Waals surface area contributed by atoms with Gasteiger partial charge in [0.05, 0.1) is 5.41 Å². The monoisotopic (exact) mass is 332 g/mol. The van der Waals surface area contributed by atoms with E-state index in [1.165, 1.54) is 5.57 Å². The Morgan fingerprint density at radius 3 is 2.79 bits per heavy atom. The van der Waals surface area contributed by atoms with Gasteiger partial charge < -0.3 is 9.84 Å². The van der Waals surface area contributed by atoms with E-state index in [4.69, 9.17) is 4.74 Å². The molecule has 0 unspecified atom stereocenters. The number of cyclic esters (lactones) is 1. The number of hydrogen-bond acceptors (Lipinski definition) is 3. The number of allylic oxidation sites excluding steroid dienone is 1. The number of esters is 1. The van der Waals surface area contributed by atoms with Gasteiger partial charge in [0.1, 0.15) is 6.61 Å². The first-order chi connectivity index (χ1) is 11.3. The zero-order valence-corrected chi connectivity index (χ0v) is 14.8. The van der Waals surface area contributed by atoms with Crippen LogP contribution >= 0.6 is 0 Å². The van der Waals surface area contributed by atoms with E-state index >= 15 is 0 Å². The molecule has 0 aromatic carbocycles. The molecule has 1 aliphatic heterocycles. The number of carboxylic acids is 1. The molecule has 1 N–H and O–H groups in total. The molecule has 0 aromatic rings. The summed E-state index contributed by atoms with van der Waals surface area (Å²) in [5, 5.41) is 9.85. The number of aliphatic carboxylic acids is 1. The van der Waals surface area contributed by atoms with Crippen LogP contribution in [0, 0.1) is 22.7 Å². The molecule has 0 amide bonds. The number of fused-ring (bicyclic) bond motifs is 1. The van der Waals surface area contributed by atoms with Crippen LogP contribution in [0.1, 0.15) is 58.8 Å². The molecule has 1 heterocycles. The molecule has 4 heteroatoms. The molecule has 3 rings (SSSR count). The molecule has 132 valence electrons. The standard InChI is InChI=1S/C20H28O4/c1-13-5-8-16-19(2,10-4-11-20(16,3)18(22)23)15(13)7-6-14-9-12-24-17(14)21/h9,15-16H,1,4-8,10-12H2,2-3H3,(H,22,23)/t15-,16-,19+,20-/m0/s1. The van der Waals surface area contributed by atoms with Gasteiger partial charge in [-0.15, -0.1) is 0 Å². The van der Waals surface area contributed by atoms with Gasteiger partial charge in [0.15, 0.2) is 0 Å². The van der Waals surface area contributed by atoms with E-state index in [1.807, 2.05) is 13.0 Å². The van der Waals surface area contributed by atoms with Gasteiger partial charge in [0.25, 0.3) is 0 Å². The Bertz CT molecular complexity index is 605. The summed E-state index contributed by atoms with van der Waals surface area (Å²) >= 11 is 0. The Morgan fingerprint density at radius 1 is 1.42 bits per heavy atom. The first-order valence-corrected chi connectivity index (χ1v) is 9.06. The van der Waals surface area contributed by atoms with Crippen LogP contribution in [0.25, 0.3) is 0 Å². The lowest BCUT2D eigenvalue weighted by atomic mass is 9.46. The van der Waals surface area contributed by atoms with Gasteiger partial charge in [-0.1, -0.05) is 25.5 Å². The lowest BCUT2D eigenvalue weighted by molar-refractivity contribution is -0.164. The van der Waals surface area contributed by atoms with Crippen LogP contribution in [0.15, 0.2) is 23.8 Å². The maximum absolute atomic E-state index is 12.0. The number of ether oxygens (including phenoxy) is 1. The number of hydrogen-bond donors (Lipinski definition) is 1. The summed E-state index contributed by atoms with van der Waals surface area (Å²) in [7, 11) is 0. The summed E-state index contributed by atoms with van der Waals surface area (Å²) in [6, 6.07) is 0. The summed E-state index contributed by atoms with van der Waals surface area (Å²) in [6.07, 6.45) is 8.01. The second-order valence-corrected chi connectivity index (χ2v) is 8.25. The summed E-state index contributed by atoms with van der Waals surface area (Å²) in [5.74, 6) is -0.398. The quantitative estimate of drug-likeness (QED) is 0.621. The van der Waals surface area contributed by atoms with Crippen molar-refractivity contribution >= 4 is 11.9 Å². The summed E-state index contributed by atoms with van der Waals surface area (Å²) in [5.41, 5.74) is 1.32. The van der Waals surface area contributed by atoms with E-state index in [2.05, 4.69) is 13.5 Å². The third-order valence-electron chi connectivity index (χ3n) is 7.02. The van der Waals surface area contributed by atoms with Crippen LogP contribution in [-0.4, -0.2) is 23.7 Å². The Kier molecular flexibility index (Phi) is 4.35. The SMILES string of the molecule is C=C1CC[C@H]2[C@](C)(CCC[C@]2(C)C(=O)O)[C@H]1CCC1=CCOC1=O. The van der Waals surface area contributed by atoms with Gasteiger partial charge in [-0.05, 0) is 68.8 Å². The highest BCUT2D eigenvalue weighted by Crippen LogP contribution is 2.62. The molecule has 0 saturated heterocycles. The van der Waals surface area contributed by atoms with E-state index < -0.39 is 11.4 Å². The molecule has 0 radical (unpaired) electrons. The molecular formula is C20H28O4. The van der Waals surface area contributed by atoms with Crippen molar-refractivity contribution in [3.63, 3.8) is 0 Å². The fourth-order valence-corrected chi connectivity index (χ4v) is 5.64. The van der Waals surface area contributed by atoms with E-state index in [0.717, 1.165) is 44.1 Å². The van der Waals surface area contributed by atoms with Crippen LogP contribution in [0.2, 0.25) is 0 Å². The fraction of sp³-hybridized carbons (Fsp3) is 0.700. The second kappa shape index (κ2) is 6.05. The van der Waals surface area contributed by atoms with Gasteiger partial charge in [-0.2, -0.15) is 0 Å².